The van der Waals surface area contributed by atoms with Gasteiger partial charge in [0.15, 0.2) is 23.2 Å². The van der Waals surface area contributed by atoms with Gasteiger partial charge in [-0.2, -0.15) is 0 Å². The number of hydrogen-bond donors (Lipinski definition) is 1. The van der Waals surface area contributed by atoms with Crippen molar-refractivity contribution in [3.05, 3.63) is 53.4 Å². The number of amides is 1. The molecule has 3 rings (SSSR count). The standard InChI is InChI=1S/C20H20N2O4S/c1-13-6-4-5-7-16(13)26-11-19(23)22-20-21-15(12-27-20)14-8-9-17(24-2)18(10-14)25-3/h4-10,12H,11H2,1-3H3,(H,21,22,23). The fourth-order valence-electron chi connectivity index (χ4n) is 2.48. The highest BCUT2D eigenvalue weighted by molar-refractivity contribution is 7.14. The van der Waals surface area contributed by atoms with Crippen LogP contribution in [0, 0.1) is 6.92 Å². The van der Waals surface area contributed by atoms with E-state index in [0.717, 1.165) is 16.8 Å². The van der Waals surface area contributed by atoms with Crippen molar-refractivity contribution in [2.75, 3.05) is 26.1 Å². The number of nitrogens with one attached hydrogen (secondary N) is 1. The predicted molar refractivity (Wildman–Crippen MR) is 106 cm³/mol. The third kappa shape index (κ3) is 4.57. The summed E-state index contributed by atoms with van der Waals surface area (Å²) in [7, 11) is 3.18. The first kappa shape index (κ1) is 18.7. The summed E-state index contributed by atoms with van der Waals surface area (Å²) in [5.74, 6) is 1.71. The number of hydrogen-bond acceptors (Lipinski definition) is 6. The van der Waals surface area contributed by atoms with Crippen LogP contribution in [-0.2, 0) is 4.79 Å². The van der Waals surface area contributed by atoms with Gasteiger partial charge in [0.25, 0.3) is 5.91 Å². The van der Waals surface area contributed by atoms with Crippen LogP contribution in [-0.4, -0.2) is 31.7 Å². The number of methoxy groups -OCH3 is 2. The smallest absolute Gasteiger partial charge is 0.264 e. The zero-order valence-electron chi connectivity index (χ0n) is 15.3. The molecule has 0 fully saturated rings. The number of anilines is 1. The van der Waals surface area contributed by atoms with Crippen LogP contribution in [0.2, 0.25) is 0 Å². The molecule has 1 N–H and O–H groups in total. The molecule has 2 aromatic carbocycles. The minimum atomic E-state index is -0.258. The van der Waals surface area contributed by atoms with Crippen LogP contribution < -0.4 is 19.5 Å². The second kappa shape index (κ2) is 8.55. The summed E-state index contributed by atoms with van der Waals surface area (Å²) >= 11 is 1.35. The molecule has 1 heterocycles. The Morgan fingerprint density at radius 2 is 1.85 bits per heavy atom. The molecule has 0 aliphatic rings. The van der Waals surface area contributed by atoms with Gasteiger partial charge in [-0.15, -0.1) is 11.3 Å². The molecule has 0 bridgehead atoms. The first-order valence-electron chi connectivity index (χ1n) is 8.27. The second-order valence-electron chi connectivity index (χ2n) is 5.71. The van der Waals surface area contributed by atoms with Crippen LogP contribution in [0.3, 0.4) is 0 Å². The molecule has 140 valence electrons. The SMILES string of the molecule is COc1ccc(-c2csc(NC(=O)COc3ccccc3C)n2)cc1OC. The molecule has 1 amide bonds. The lowest BCUT2D eigenvalue weighted by molar-refractivity contribution is -0.118. The van der Waals surface area contributed by atoms with Gasteiger partial charge >= 0.3 is 0 Å². The first-order valence-corrected chi connectivity index (χ1v) is 9.15. The summed E-state index contributed by atoms with van der Waals surface area (Å²) in [4.78, 5) is 16.6. The van der Waals surface area contributed by atoms with Crippen LogP contribution in [0.25, 0.3) is 11.3 Å². The highest BCUT2D eigenvalue weighted by Gasteiger charge is 2.11. The molecule has 3 aromatic rings. The number of thiazole rings is 1. The van der Waals surface area contributed by atoms with Crippen molar-refractivity contribution in [1.29, 1.82) is 0 Å². The summed E-state index contributed by atoms with van der Waals surface area (Å²) in [6.07, 6.45) is 0. The van der Waals surface area contributed by atoms with E-state index in [1.165, 1.54) is 11.3 Å². The van der Waals surface area contributed by atoms with E-state index in [2.05, 4.69) is 10.3 Å². The number of para-hydroxylation sites is 1. The number of carbonyl (C=O) groups excluding carboxylic acids is 1. The zero-order valence-corrected chi connectivity index (χ0v) is 16.1. The Balaban J connectivity index is 1.64. The fourth-order valence-corrected chi connectivity index (χ4v) is 3.21. The van der Waals surface area contributed by atoms with Gasteiger partial charge in [-0.25, -0.2) is 4.98 Å². The van der Waals surface area contributed by atoms with E-state index in [4.69, 9.17) is 14.2 Å². The Bertz CT molecular complexity index is 939. The van der Waals surface area contributed by atoms with Gasteiger partial charge in [-0.3, -0.25) is 10.1 Å². The molecule has 0 atom stereocenters. The predicted octanol–water partition coefficient (Wildman–Crippen LogP) is 4.15. The maximum Gasteiger partial charge on any atom is 0.264 e. The third-order valence-corrected chi connectivity index (χ3v) is 4.64. The molecule has 1 aromatic heterocycles. The number of ether oxygens (including phenoxy) is 3. The van der Waals surface area contributed by atoms with E-state index in [9.17, 15) is 4.79 Å². The van der Waals surface area contributed by atoms with E-state index in [0.29, 0.717) is 22.4 Å². The Morgan fingerprint density at radius 3 is 2.59 bits per heavy atom. The lowest BCUT2D eigenvalue weighted by atomic mass is 10.1. The van der Waals surface area contributed by atoms with Gasteiger partial charge in [-0.1, -0.05) is 18.2 Å². The fraction of sp³-hybridized carbons (Fsp3) is 0.200. The molecular weight excluding hydrogens is 364 g/mol. The number of aryl methyl sites for hydroxylation is 1. The molecule has 0 unspecified atom stereocenters. The van der Waals surface area contributed by atoms with Crippen LogP contribution in [0.5, 0.6) is 17.2 Å². The van der Waals surface area contributed by atoms with Crippen molar-refractivity contribution in [3.63, 3.8) is 0 Å². The highest BCUT2D eigenvalue weighted by Crippen LogP contribution is 2.33. The molecule has 0 radical (unpaired) electrons. The van der Waals surface area contributed by atoms with E-state index in [1.807, 2.05) is 54.8 Å². The van der Waals surface area contributed by atoms with E-state index in [-0.39, 0.29) is 12.5 Å². The normalized spacial score (nSPS) is 10.3. The number of aromatic nitrogens is 1. The number of carbonyl (C=O) groups is 1. The second-order valence-corrected chi connectivity index (χ2v) is 6.57. The van der Waals surface area contributed by atoms with Gasteiger partial charge in [0, 0.05) is 10.9 Å². The number of rotatable bonds is 7. The summed E-state index contributed by atoms with van der Waals surface area (Å²) in [6, 6.07) is 13.1. The largest absolute Gasteiger partial charge is 0.493 e. The molecule has 0 saturated heterocycles. The average molecular weight is 384 g/mol. The van der Waals surface area contributed by atoms with Crippen molar-refractivity contribution in [2.24, 2.45) is 0 Å². The molecule has 6 nitrogen and oxygen atoms in total. The van der Waals surface area contributed by atoms with Gasteiger partial charge in [0.2, 0.25) is 0 Å². The van der Waals surface area contributed by atoms with Gasteiger partial charge < -0.3 is 14.2 Å². The number of nitrogens with zero attached hydrogens (tertiary/aromatic N) is 1. The molecule has 0 aliphatic heterocycles. The minimum Gasteiger partial charge on any atom is -0.493 e. The maximum atomic E-state index is 12.1. The average Bonchev–Trinajstić information content (AvgIpc) is 3.15. The number of benzene rings is 2. The maximum absolute atomic E-state index is 12.1. The van der Waals surface area contributed by atoms with E-state index >= 15 is 0 Å². The van der Waals surface area contributed by atoms with Gasteiger partial charge in [-0.05, 0) is 36.8 Å². The van der Waals surface area contributed by atoms with Gasteiger partial charge in [0.05, 0.1) is 19.9 Å². The lowest BCUT2D eigenvalue weighted by Gasteiger charge is -2.08. The highest BCUT2D eigenvalue weighted by atomic mass is 32.1. The molecular formula is C20H20N2O4S. The Hall–Kier alpha value is -3.06. The Morgan fingerprint density at radius 1 is 1.07 bits per heavy atom. The lowest BCUT2D eigenvalue weighted by Crippen LogP contribution is -2.20. The van der Waals surface area contributed by atoms with Crippen molar-refractivity contribution < 1.29 is 19.0 Å². The van der Waals surface area contributed by atoms with E-state index in [1.54, 1.807) is 14.2 Å². The van der Waals surface area contributed by atoms with Gasteiger partial charge in [0.1, 0.15) is 5.75 Å². The molecule has 7 heteroatoms. The molecule has 0 saturated carbocycles. The topological polar surface area (TPSA) is 69.7 Å². The summed E-state index contributed by atoms with van der Waals surface area (Å²) in [5, 5.41) is 5.15. The monoisotopic (exact) mass is 384 g/mol. The quantitative estimate of drug-likeness (QED) is 0.663. The molecule has 27 heavy (non-hydrogen) atoms. The zero-order chi connectivity index (χ0) is 19.2. The third-order valence-electron chi connectivity index (χ3n) is 3.88. The first-order chi connectivity index (χ1) is 13.1. The molecule has 0 spiro atoms. The van der Waals surface area contributed by atoms with Crippen LogP contribution >= 0.6 is 11.3 Å². The van der Waals surface area contributed by atoms with Crippen LogP contribution in [0.1, 0.15) is 5.56 Å². The van der Waals surface area contributed by atoms with E-state index < -0.39 is 0 Å². The minimum absolute atomic E-state index is 0.0733. The van der Waals surface area contributed by atoms with Crippen LogP contribution in [0.15, 0.2) is 47.8 Å². The van der Waals surface area contributed by atoms with Crippen LogP contribution in [0.4, 0.5) is 5.13 Å². The Kier molecular flexibility index (Phi) is 5.93. The summed E-state index contributed by atoms with van der Waals surface area (Å²) in [5.41, 5.74) is 2.60. The summed E-state index contributed by atoms with van der Waals surface area (Å²) in [6.45, 7) is 1.86. The summed E-state index contributed by atoms with van der Waals surface area (Å²) < 4.78 is 16.1. The van der Waals surface area contributed by atoms with Crippen molar-refractivity contribution >= 4 is 22.4 Å². The van der Waals surface area contributed by atoms with Crippen molar-refractivity contribution in [1.82, 2.24) is 4.98 Å². The van der Waals surface area contributed by atoms with Crippen molar-refractivity contribution in [2.45, 2.75) is 6.92 Å². The molecule has 0 aliphatic carbocycles. The Labute approximate surface area is 161 Å². The van der Waals surface area contributed by atoms with Crippen molar-refractivity contribution in [3.8, 4) is 28.5 Å².